The molecular formula is C28H40N2O5S. The molecule has 2 aromatic rings. The van der Waals surface area contributed by atoms with E-state index in [0.717, 1.165) is 22.7 Å². The number of hydrogen-bond donors (Lipinski definition) is 1. The molecule has 0 unspecified atom stereocenters. The fourth-order valence-corrected chi connectivity index (χ4v) is 4.84. The molecule has 2 aromatic carbocycles. The van der Waals surface area contributed by atoms with Crippen molar-refractivity contribution in [1.29, 1.82) is 0 Å². The molecule has 0 aliphatic heterocycles. The quantitative estimate of drug-likeness (QED) is 0.312. The third-order valence-electron chi connectivity index (χ3n) is 5.61. The maximum absolute atomic E-state index is 13.6. The highest BCUT2D eigenvalue weighted by atomic mass is 32.2. The van der Waals surface area contributed by atoms with E-state index < -0.39 is 39.3 Å². The summed E-state index contributed by atoms with van der Waals surface area (Å²) >= 11 is 0. The van der Waals surface area contributed by atoms with Gasteiger partial charge in [-0.2, -0.15) is 4.41 Å². The normalized spacial score (nSPS) is 13.6. The number of esters is 1. The van der Waals surface area contributed by atoms with Gasteiger partial charge in [0, 0.05) is 0 Å². The van der Waals surface area contributed by atoms with Gasteiger partial charge in [-0.15, -0.1) is 0 Å². The number of hydrazine groups is 1. The lowest BCUT2D eigenvalue weighted by Crippen LogP contribution is -2.50. The van der Waals surface area contributed by atoms with Crippen molar-refractivity contribution in [2.45, 2.75) is 65.9 Å². The number of ether oxygens (including phenoxy) is 1. The molecule has 0 aliphatic rings. The summed E-state index contributed by atoms with van der Waals surface area (Å²) in [6, 6.07) is 18.3. The highest BCUT2D eigenvalue weighted by Crippen LogP contribution is 2.29. The van der Waals surface area contributed by atoms with Crippen LogP contribution in [0.4, 0.5) is 5.69 Å². The van der Waals surface area contributed by atoms with E-state index in [4.69, 9.17) is 4.74 Å². The Morgan fingerprint density at radius 2 is 1.50 bits per heavy atom. The lowest BCUT2D eigenvalue weighted by molar-refractivity contribution is -0.164. The lowest BCUT2D eigenvalue weighted by Gasteiger charge is -2.31. The van der Waals surface area contributed by atoms with Crippen LogP contribution < -0.4 is 9.84 Å². The zero-order valence-corrected chi connectivity index (χ0v) is 23.0. The molecule has 1 amide bonds. The van der Waals surface area contributed by atoms with Crippen molar-refractivity contribution >= 4 is 27.6 Å². The van der Waals surface area contributed by atoms with Crippen LogP contribution in [0, 0.1) is 17.8 Å². The standard InChI is InChI=1S/C28H40N2O5S/c1-21(2)20-25(26(31)29-30(36(6,33)34)23-17-11-8-12-18-23)24(27(32)35-28(3,4)5)19-13-16-22-14-9-7-10-15-22/h7-12,14-15,17-18,21,24-25H,13,16,19-20H2,1-6H3,(H,29,31)/t24-,25+/m0/s1. The SMILES string of the molecule is CC(C)C[C@@H](C(=O)NN(c1ccccc1)S(C)(=O)=O)[C@H](CCCc1ccccc1)C(=O)OC(C)(C)C. The largest absolute Gasteiger partial charge is 0.460 e. The Kier molecular flexibility index (Phi) is 10.5. The van der Waals surface area contributed by atoms with Gasteiger partial charge in [-0.1, -0.05) is 62.4 Å². The Bertz CT molecular complexity index is 1080. The maximum atomic E-state index is 13.6. The van der Waals surface area contributed by atoms with Crippen molar-refractivity contribution in [3.8, 4) is 0 Å². The first-order chi connectivity index (χ1) is 16.8. The van der Waals surface area contributed by atoms with Gasteiger partial charge in [-0.05, 0) is 70.1 Å². The van der Waals surface area contributed by atoms with Crippen LogP contribution in [0.5, 0.6) is 0 Å². The first kappa shape index (κ1) is 29.4. The number of hydrogen-bond acceptors (Lipinski definition) is 5. The van der Waals surface area contributed by atoms with E-state index in [-0.39, 0.29) is 5.92 Å². The van der Waals surface area contributed by atoms with Gasteiger partial charge in [0.25, 0.3) is 0 Å². The van der Waals surface area contributed by atoms with E-state index in [0.29, 0.717) is 24.9 Å². The minimum Gasteiger partial charge on any atom is -0.460 e. The molecular weight excluding hydrogens is 476 g/mol. The Morgan fingerprint density at radius 3 is 2.00 bits per heavy atom. The number of carbonyl (C=O) groups excluding carboxylic acids is 2. The summed E-state index contributed by atoms with van der Waals surface area (Å²) in [7, 11) is -3.82. The molecule has 0 saturated heterocycles. The number of rotatable bonds is 12. The third-order valence-corrected chi connectivity index (χ3v) is 6.58. The highest BCUT2D eigenvalue weighted by molar-refractivity contribution is 7.92. The summed E-state index contributed by atoms with van der Waals surface area (Å²) in [5.41, 5.74) is 3.34. The van der Waals surface area contributed by atoms with Gasteiger partial charge in [0.2, 0.25) is 15.9 Å². The van der Waals surface area contributed by atoms with Gasteiger partial charge in [0.05, 0.1) is 23.8 Å². The Labute approximate surface area is 216 Å². The van der Waals surface area contributed by atoms with E-state index in [1.165, 1.54) is 0 Å². The average Bonchev–Trinajstić information content (AvgIpc) is 2.78. The van der Waals surface area contributed by atoms with Crippen LogP contribution >= 0.6 is 0 Å². The van der Waals surface area contributed by atoms with Crippen molar-refractivity contribution in [3.63, 3.8) is 0 Å². The minimum atomic E-state index is -3.82. The van der Waals surface area contributed by atoms with Crippen LogP contribution in [0.25, 0.3) is 0 Å². The maximum Gasteiger partial charge on any atom is 0.310 e. The average molecular weight is 517 g/mol. The van der Waals surface area contributed by atoms with Gasteiger partial charge < -0.3 is 4.74 Å². The van der Waals surface area contributed by atoms with Crippen molar-refractivity contribution in [3.05, 3.63) is 66.2 Å². The van der Waals surface area contributed by atoms with Gasteiger partial charge in [0.1, 0.15) is 5.60 Å². The number of anilines is 1. The number of sulfonamides is 1. The van der Waals surface area contributed by atoms with Gasteiger partial charge in [0.15, 0.2) is 0 Å². The highest BCUT2D eigenvalue weighted by Gasteiger charge is 2.38. The Balaban J connectivity index is 2.35. The van der Waals surface area contributed by atoms with Gasteiger partial charge >= 0.3 is 5.97 Å². The summed E-state index contributed by atoms with van der Waals surface area (Å²) < 4.78 is 31.7. The zero-order valence-electron chi connectivity index (χ0n) is 22.2. The fourth-order valence-electron chi connectivity index (χ4n) is 4.08. The zero-order chi connectivity index (χ0) is 26.9. The van der Waals surface area contributed by atoms with Crippen molar-refractivity contribution < 1.29 is 22.7 Å². The van der Waals surface area contributed by atoms with Crippen LogP contribution in [0.1, 0.15) is 59.4 Å². The number of carbonyl (C=O) groups is 2. The first-order valence-electron chi connectivity index (χ1n) is 12.4. The molecule has 0 saturated carbocycles. The van der Waals surface area contributed by atoms with E-state index in [1.54, 1.807) is 51.1 Å². The Hall–Kier alpha value is -2.87. The topological polar surface area (TPSA) is 92.8 Å². The second kappa shape index (κ2) is 12.9. The van der Waals surface area contributed by atoms with E-state index in [1.807, 2.05) is 44.2 Å². The van der Waals surface area contributed by atoms with Crippen molar-refractivity contribution in [1.82, 2.24) is 5.43 Å². The van der Waals surface area contributed by atoms with Gasteiger partial charge in [-0.25, -0.2) is 8.42 Å². The van der Waals surface area contributed by atoms with Crippen LogP contribution in [0.2, 0.25) is 0 Å². The number of amides is 1. The molecule has 198 valence electrons. The third kappa shape index (κ3) is 9.64. The summed E-state index contributed by atoms with van der Waals surface area (Å²) in [4.78, 5) is 27.0. The predicted molar refractivity (Wildman–Crippen MR) is 144 cm³/mol. The summed E-state index contributed by atoms with van der Waals surface area (Å²) in [6.45, 7) is 9.34. The molecule has 36 heavy (non-hydrogen) atoms. The fraction of sp³-hybridized carbons (Fsp3) is 0.500. The number of nitrogens with zero attached hydrogens (tertiary/aromatic N) is 1. The molecule has 8 heteroatoms. The van der Waals surface area contributed by atoms with E-state index in [9.17, 15) is 18.0 Å². The summed E-state index contributed by atoms with van der Waals surface area (Å²) in [6.07, 6.45) is 3.33. The minimum absolute atomic E-state index is 0.100. The van der Waals surface area contributed by atoms with Crippen LogP contribution in [0.15, 0.2) is 60.7 Å². The lowest BCUT2D eigenvalue weighted by atomic mass is 9.81. The number of benzene rings is 2. The smallest absolute Gasteiger partial charge is 0.310 e. The van der Waals surface area contributed by atoms with Crippen molar-refractivity contribution in [2.75, 3.05) is 10.7 Å². The Morgan fingerprint density at radius 1 is 0.944 bits per heavy atom. The van der Waals surface area contributed by atoms with Crippen LogP contribution in [-0.2, 0) is 30.8 Å². The molecule has 0 heterocycles. The number of para-hydroxylation sites is 1. The summed E-state index contributed by atoms with van der Waals surface area (Å²) in [5.74, 6) is -2.34. The van der Waals surface area contributed by atoms with E-state index >= 15 is 0 Å². The molecule has 0 spiro atoms. The predicted octanol–water partition coefficient (Wildman–Crippen LogP) is 5.13. The van der Waals surface area contributed by atoms with Crippen LogP contribution in [-0.4, -0.2) is 32.2 Å². The molecule has 0 bridgehead atoms. The van der Waals surface area contributed by atoms with Crippen molar-refractivity contribution in [2.24, 2.45) is 17.8 Å². The molecule has 7 nitrogen and oxygen atoms in total. The molecule has 2 rings (SSSR count). The summed E-state index contributed by atoms with van der Waals surface area (Å²) in [5, 5.41) is 0. The molecule has 2 atom stereocenters. The number of nitrogens with one attached hydrogen (secondary N) is 1. The first-order valence-corrected chi connectivity index (χ1v) is 14.3. The van der Waals surface area contributed by atoms with Gasteiger partial charge in [-0.3, -0.25) is 15.0 Å². The second-order valence-corrected chi connectivity index (χ2v) is 12.4. The molecule has 0 fully saturated rings. The molecule has 0 aromatic heterocycles. The monoisotopic (exact) mass is 516 g/mol. The molecule has 0 aliphatic carbocycles. The van der Waals surface area contributed by atoms with E-state index in [2.05, 4.69) is 5.43 Å². The number of aryl methyl sites for hydroxylation is 1. The second-order valence-electron chi connectivity index (χ2n) is 10.6. The van der Waals surface area contributed by atoms with Crippen LogP contribution in [0.3, 0.4) is 0 Å². The molecule has 1 N–H and O–H groups in total. The molecule has 0 radical (unpaired) electrons.